The zero-order valence-corrected chi connectivity index (χ0v) is 10.3. The largest absolute Gasteiger partial charge is 0.383 e. The highest BCUT2D eigenvalue weighted by molar-refractivity contribution is 6.21. The lowest BCUT2D eigenvalue weighted by molar-refractivity contribution is -0.116. The molecule has 0 aromatic carbocycles. The van der Waals surface area contributed by atoms with E-state index in [0.29, 0.717) is 0 Å². The minimum absolute atomic E-state index is 0.000588. The van der Waals surface area contributed by atoms with Crippen LogP contribution in [0.5, 0.6) is 0 Å². The van der Waals surface area contributed by atoms with E-state index in [1.165, 1.54) is 0 Å². The van der Waals surface area contributed by atoms with Gasteiger partial charge in [0.05, 0.1) is 0 Å². The fourth-order valence-corrected chi connectivity index (χ4v) is 1.38. The van der Waals surface area contributed by atoms with Gasteiger partial charge in [0.1, 0.15) is 0 Å². The van der Waals surface area contributed by atoms with Crippen LogP contribution in [0.3, 0.4) is 0 Å². The Hall–Kier alpha value is -1.64. The molecule has 1 aromatic heterocycles. The molecular formula is C13H18N2O. The van der Waals surface area contributed by atoms with Crippen LogP contribution in [0.25, 0.3) is 5.57 Å². The lowest BCUT2D eigenvalue weighted by Gasteiger charge is -2.13. The molecule has 0 aliphatic carbocycles. The first-order chi connectivity index (χ1) is 7.52. The van der Waals surface area contributed by atoms with Crippen molar-refractivity contribution in [3.63, 3.8) is 0 Å². The molecule has 0 atom stereocenters. The molecule has 1 aromatic rings. The van der Waals surface area contributed by atoms with Gasteiger partial charge in [-0.1, -0.05) is 13.8 Å². The number of carbonyl (C=O) groups is 1. The number of hydrogen-bond donors (Lipinski definition) is 0. The van der Waals surface area contributed by atoms with Crippen LogP contribution in [0.1, 0.15) is 19.4 Å². The number of ketones is 1. The van der Waals surface area contributed by atoms with Crippen molar-refractivity contribution in [3.05, 3.63) is 36.3 Å². The van der Waals surface area contributed by atoms with Crippen LogP contribution in [-0.2, 0) is 4.79 Å². The quantitative estimate of drug-likeness (QED) is 0.726. The molecule has 0 unspecified atom stereocenters. The number of hydrogen-bond acceptors (Lipinski definition) is 3. The number of Topliss-reactive ketones (excluding diaryl/α,β-unsaturated/α-hetero) is 1. The second-order valence-electron chi connectivity index (χ2n) is 4.26. The van der Waals surface area contributed by atoms with Gasteiger partial charge in [-0.15, -0.1) is 0 Å². The van der Waals surface area contributed by atoms with Crippen LogP contribution in [0.2, 0.25) is 0 Å². The molecule has 0 aliphatic heterocycles. The Labute approximate surface area is 96.8 Å². The molecule has 0 saturated carbocycles. The summed E-state index contributed by atoms with van der Waals surface area (Å²) in [5, 5.41) is 0. The van der Waals surface area contributed by atoms with E-state index in [0.717, 1.165) is 11.1 Å². The maximum Gasteiger partial charge on any atom is 0.167 e. The van der Waals surface area contributed by atoms with Gasteiger partial charge in [-0.3, -0.25) is 9.78 Å². The van der Waals surface area contributed by atoms with Gasteiger partial charge in [0.15, 0.2) is 5.78 Å². The third kappa shape index (κ3) is 3.19. The number of aromatic nitrogens is 1. The Balaban J connectivity index is 3.12. The van der Waals surface area contributed by atoms with Crippen LogP contribution in [-0.4, -0.2) is 29.8 Å². The number of rotatable bonds is 4. The molecule has 3 heteroatoms. The fourth-order valence-electron chi connectivity index (χ4n) is 1.38. The molecule has 0 amide bonds. The highest BCUT2D eigenvalue weighted by Gasteiger charge is 2.15. The molecule has 1 rings (SSSR count). The number of pyridine rings is 1. The average molecular weight is 218 g/mol. The molecule has 0 aliphatic rings. The van der Waals surface area contributed by atoms with E-state index in [-0.39, 0.29) is 11.7 Å². The van der Waals surface area contributed by atoms with Crippen LogP contribution in [0.4, 0.5) is 0 Å². The van der Waals surface area contributed by atoms with Crippen molar-refractivity contribution in [1.82, 2.24) is 9.88 Å². The third-order valence-electron chi connectivity index (χ3n) is 2.17. The Morgan fingerprint density at radius 1 is 1.31 bits per heavy atom. The lowest BCUT2D eigenvalue weighted by atomic mass is 9.96. The summed E-state index contributed by atoms with van der Waals surface area (Å²) in [7, 11) is 3.82. The Morgan fingerprint density at radius 2 is 1.88 bits per heavy atom. The standard InChI is InChI=1S/C13H18N2O/c1-10(2)13(16)12(9-15(3)4)11-5-7-14-8-6-11/h5-10H,1-4H3/b12-9-. The van der Waals surface area contributed by atoms with Crippen molar-refractivity contribution in [2.75, 3.05) is 14.1 Å². The summed E-state index contributed by atoms with van der Waals surface area (Å²) in [6.07, 6.45) is 5.26. The highest BCUT2D eigenvalue weighted by Crippen LogP contribution is 2.18. The normalized spacial score (nSPS) is 11.7. The second-order valence-corrected chi connectivity index (χ2v) is 4.26. The van der Waals surface area contributed by atoms with E-state index in [9.17, 15) is 4.79 Å². The molecular weight excluding hydrogens is 200 g/mol. The van der Waals surface area contributed by atoms with E-state index in [1.807, 2.05) is 51.2 Å². The van der Waals surface area contributed by atoms with Crippen molar-refractivity contribution in [1.29, 1.82) is 0 Å². The van der Waals surface area contributed by atoms with Gasteiger partial charge in [-0.2, -0.15) is 0 Å². The summed E-state index contributed by atoms with van der Waals surface area (Å²) >= 11 is 0. The van der Waals surface area contributed by atoms with Crippen molar-refractivity contribution >= 4 is 11.4 Å². The van der Waals surface area contributed by atoms with Crippen molar-refractivity contribution in [2.45, 2.75) is 13.8 Å². The second kappa shape index (κ2) is 5.45. The molecule has 0 saturated heterocycles. The first kappa shape index (κ1) is 12.4. The van der Waals surface area contributed by atoms with E-state index < -0.39 is 0 Å². The summed E-state index contributed by atoms with van der Waals surface area (Å²) in [5.74, 6) is 0.152. The maximum atomic E-state index is 12.1. The summed E-state index contributed by atoms with van der Waals surface area (Å²) in [5.41, 5.74) is 1.66. The first-order valence-electron chi connectivity index (χ1n) is 5.35. The smallest absolute Gasteiger partial charge is 0.167 e. The first-order valence-corrected chi connectivity index (χ1v) is 5.35. The molecule has 0 N–H and O–H groups in total. The summed E-state index contributed by atoms with van der Waals surface area (Å²) in [6.45, 7) is 3.82. The van der Waals surface area contributed by atoms with E-state index >= 15 is 0 Å². The molecule has 1 heterocycles. The molecule has 0 fully saturated rings. The minimum atomic E-state index is -0.000588. The molecule has 0 spiro atoms. The summed E-state index contributed by atoms with van der Waals surface area (Å²) < 4.78 is 0. The Bertz CT molecular complexity index is 380. The van der Waals surface area contributed by atoms with Crippen LogP contribution >= 0.6 is 0 Å². The molecule has 16 heavy (non-hydrogen) atoms. The van der Waals surface area contributed by atoms with Crippen molar-refractivity contribution in [3.8, 4) is 0 Å². The Morgan fingerprint density at radius 3 is 2.31 bits per heavy atom. The van der Waals surface area contributed by atoms with Gasteiger partial charge in [0.25, 0.3) is 0 Å². The van der Waals surface area contributed by atoms with Gasteiger partial charge >= 0.3 is 0 Å². The van der Waals surface area contributed by atoms with Crippen LogP contribution < -0.4 is 0 Å². The molecule has 0 bridgehead atoms. The van der Waals surface area contributed by atoms with E-state index in [2.05, 4.69) is 4.98 Å². The number of nitrogens with zero attached hydrogens (tertiary/aromatic N) is 2. The maximum absolute atomic E-state index is 12.1. The fraction of sp³-hybridized carbons (Fsp3) is 0.385. The van der Waals surface area contributed by atoms with Gasteiger partial charge in [-0.05, 0) is 17.7 Å². The molecule has 3 nitrogen and oxygen atoms in total. The third-order valence-corrected chi connectivity index (χ3v) is 2.17. The Kier molecular flexibility index (Phi) is 4.23. The minimum Gasteiger partial charge on any atom is -0.383 e. The molecule has 0 radical (unpaired) electrons. The topological polar surface area (TPSA) is 33.2 Å². The van der Waals surface area contributed by atoms with Crippen LogP contribution in [0, 0.1) is 5.92 Å². The number of allylic oxidation sites excluding steroid dienone is 1. The average Bonchev–Trinajstić information content (AvgIpc) is 2.26. The monoisotopic (exact) mass is 218 g/mol. The number of carbonyl (C=O) groups excluding carboxylic acids is 1. The predicted molar refractivity (Wildman–Crippen MR) is 65.7 cm³/mol. The van der Waals surface area contributed by atoms with Gasteiger partial charge < -0.3 is 4.90 Å². The predicted octanol–water partition coefficient (Wildman–Crippen LogP) is 2.21. The summed E-state index contributed by atoms with van der Waals surface area (Å²) in [6, 6.07) is 3.71. The van der Waals surface area contributed by atoms with Gasteiger partial charge in [0.2, 0.25) is 0 Å². The SMILES string of the molecule is CC(C)C(=O)/C(=C\N(C)C)c1ccncc1. The molecule has 86 valence electrons. The van der Waals surface area contributed by atoms with E-state index in [4.69, 9.17) is 0 Å². The van der Waals surface area contributed by atoms with Crippen molar-refractivity contribution in [2.24, 2.45) is 5.92 Å². The lowest BCUT2D eigenvalue weighted by Crippen LogP contribution is -2.13. The van der Waals surface area contributed by atoms with Crippen molar-refractivity contribution < 1.29 is 4.79 Å². The summed E-state index contributed by atoms with van der Waals surface area (Å²) in [4.78, 5) is 17.9. The highest BCUT2D eigenvalue weighted by atomic mass is 16.1. The zero-order valence-electron chi connectivity index (χ0n) is 10.3. The van der Waals surface area contributed by atoms with E-state index in [1.54, 1.807) is 12.4 Å². The van der Waals surface area contributed by atoms with Gasteiger partial charge in [-0.25, -0.2) is 0 Å². The van der Waals surface area contributed by atoms with Crippen LogP contribution in [0.15, 0.2) is 30.7 Å². The van der Waals surface area contributed by atoms with Gasteiger partial charge in [0, 0.05) is 44.2 Å². The zero-order chi connectivity index (χ0) is 12.1.